The Morgan fingerprint density at radius 2 is 1.66 bits per heavy atom. The van der Waals surface area contributed by atoms with Gasteiger partial charge in [-0.15, -0.1) is 0 Å². The summed E-state index contributed by atoms with van der Waals surface area (Å²) in [6.07, 6.45) is 0.891. The van der Waals surface area contributed by atoms with Crippen LogP contribution in [0.5, 0.6) is 0 Å². The minimum absolute atomic E-state index is 0.0710. The van der Waals surface area contributed by atoms with Gasteiger partial charge in [0.2, 0.25) is 10.0 Å². The maximum atomic E-state index is 12.7. The Bertz CT molecular complexity index is 1200. The van der Waals surface area contributed by atoms with E-state index < -0.39 is 10.0 Å². The fraction of sp³-hybridized carbons (Fsp3) is 0.174. The first-order valence-electron chi connectivity index (χ1n) is 9.48. The Morgan fingerprint density at radius 3 is 2.45 bits per heavy atom. The third kappa shape index (κ3) is 3.95. The zero-order valence-corrected chi connectivity index (χ0v) is 17.1. The number of sulfonamides is 1. The van der Waals surface area contributed by atoms with Crippen LogP contribution in [0.3, 0.4) is 0 Å². The van der Waals surface area contributed by atoms with Crippen LogP contribution in [0.2, 0.25) is 0 Å². The lowest BCUT2D eigenvalue weighted by molar-refractivity contribution is 0.102. The SMILES string of the molecule is CC(C)NS(=O)(=O)c1cccc(C(=O)Nc2ccc3c(c2)-c2ccccc2C3)c1. The number of carbonyl (C=O) groups excluding carboxylic acids is 1. The molecular weight excluding hydrogens is 384 g/mol. The van der Waals surface area contributed by atoms with Gasteiger partial charge in [-0.05, 0) is 72.9 Å². The Labute approximate surface area is 170 Å². The maximum absolute atomic E-state index is 12.7. The highest BCUT2D eigenvalue weighted by Gasteiger charge is 2.20. The second-order valence-corrected chi connectivity index (χ2v) is 9.18. The summed E-state index contributed by atoms with van der Waals surface area (Å²) in [7, 11) is -3.66. The van der Waals surface area contributed by atoms with E-state index in [-0.39, 0.29) is 22.4 Å². The quantitative estimate of drug-likeness (QED) is 0.522. The molecule has 3 aromatic carbocycles. The molecule has 0 spiro atoms. The largest absolute Gasteiger partial charge is 0.322 e. The van der Waals surface area contributed by atoms with Crippen LogP contribution in [0.25, 0.3) is 11.1 Å². The molecule has 0 aliphatic heterocycles. The normalized spacial score (nSPS) is 12.5. The van der Waals surface area contributed by atoms with Gasteiger partial charge in [0.05, 0.1) is 4.90 Å². The Morgan fingerprint density at radius 1 is 0.897 bits per heavy atom. The maximum Gasteiger partial charge on any atom is 0.255 e. The van der Waals surface area contributed by atoms with E-state index in [4.69, 9.17) is 0 Å². The van der Waals surface area contributed by atoms with Gasteiger partial charge in [0.1, 0.15) is 0 Å². The average Bonchev–Trinajstić information content (AvgIpc) is 3.05. The lowest BCUT2D eigenvalue weighted by Crippen LogP contribution is -2.30. The lowest BCUT2D eigenvalue weighted by Gasteiger charge is -2.11. The Balaban J connectivity index is 1.58. The van der Waals surface area contributed by atoms with Crippen LogP contribution in [-0.4, -0.2) is 20.4 Å². The van der Waals surface area contributed by atoms with Crippen molar-refractivity contribution in [3.8, 4) is 11.1 Å². The number of carbonyl (C=O) groups is 1. The van der Waals surface area contributed by atoms with E-state index in [9.17, 15) is 13.2 Å². The zero-order valence-electron chi connectivity index (χ0n) is 16.3. The lowest BCUT2D eigenvalue weighted by atomic mass is 10.1. The molecule has 1 amide bonds. The van der Waals surface area contributed by atoms with Crippen molar-refractivity contribution in [2.24, 2.45) is 0 Å². The Hall–Kier alpha value is -2.96. The highest BCUT2D eigenvalue weighted by molar-refractivity contribution is 7.89. The van der Waals surface area contributed by atoms with Gasteiger partial charge in [0.15, 0.2) is 0 Å². The molecule has 4 rings (SSSR count). The van der Waals surface area contributed by atoms with E-state index in [0.717, 1.165) is 12.0 Å². The van der Waals surface area contributed by atoms with Gasteiger partial charge >= 0.3 is 0 Å². The summed E-state index contributed by atoms with van der Waals surface area (Å²) < 4.78 is 27.3. The standard InChI is InChI=1S/C23H22N2O3S/c1-15(2)25-29(27,28)20-8-5-7-18(13-20)23(26)24-19-11-10-17-12-16-6-3-4-9-21(16)22(17)14-19/h3-11,13-15,25H,12H2,1-2H3,(H,24,26). The minimum atomic E-state index is -3.66. The molecule has 1 aliphatic carbocycles. The van der Waals surface area contributed by atoms with Crippen molar-refractivity contribution in [1.82, 2.24) is 4.72 Å². The fourth-order valence-corrected chi connectivity index (χ4v) is 4.88. The third-order valence-corrected chi connectivity index (χ3v) is 6.51. The first kappa shape index (κ1) is 19.4. The molecule has 0 unspecified atom stereocenters. The number of anilines is 1. The monoisotopic (exact) mass is 406 g/mol. The molecule has 29 heavy (non-hydrogen) atoms. The molecule has 0 heterocycles. The van der Waals surface area contributed by atoms with Crippen LogP contribution in [0.15, 0.2) is 71.6 Å². The summed E-state index contributed by atoms with van der Waals surface area (Å²) in [6, 6.07) is 19.9. The number of nitrogens with one attached hydrogen (secondary N) is 2. The number of amides is 1. The number of hydrogen-bond donors (Lipinski definition) is 2. The van der Waals surface area contributed by atoms with Crippen molar-refractivity contribution >= 4 is 21.6 Å². The van der Waals surface area contributed by atoms with E-state index in [1.807, 2.05) is 30.3 Å². The van der Waals surface area contributed by atoms with E-state index in [0.29, 0.717) is 5.69 Å². The van der Waals surface area contributed by atoms with Crippen LogP contribution in [0, 0.1) is 0 Å². The Kier molecular flexibility index (Phi) is 4.98. The van der Waals surface area contributed by atoms with Crippen molar-refractivity contribution in [3.63, 3.8) is 0 Å². The second kappa shape index (κ2) is 7.46. The van der Waals surface area contributed by atoms with Gasteiger partial charge in [-0.2, -0.15) is 0 Å². The van der Waals surface area contributed by atoms with Gasteiger partial charge in [-0.3, -0.25) is 4.79 Å². The predicted molar refractivity (Wildman–Crippen MR) is 115 cm³/mol. The number of benzene rings is 3. The van der Waals surface area contributed by atoms with Crippen LogP contribution >= 0.6 is 0 Å². The zero-order chi connectivity index (χ0) is 20.6. The fourth-order valence-electron chi connectivity index (χ4n) is 3.59. The van der Waals surface area contributed by atoms with Gasteiger partial charge in [-0.1, -0.05) is 36.4 Å². The summed E-state index contributed by atoms with van der Waals surface area (Å²) in [6.45, 7) is 3.50. The van der Waals surface area contributed by atoms with Crippen molar-refractivity contribution in [3.05, 3.63) is 83.4 Å². The van der Waals surface area contributed by atoms with Crippen LogP contribution in [-0.2, 0) is 16.4 Å². The van der Waals surface area contributed by atoms with E-state index in [1.165, 1.54) is 28.8 Å². The van der Waals surface area contributed by atoms with E-state index in [2.05, 4.69) is 22.2 Å². The molecule has 1 aliphatic rings. The van der Waals surface area contributed by atoms with Crippen LogP contribution < -0.4 is 10.0 Å². The van der Waals surface area contributed by atoms with Gasteiger partial charge < -0.3 is 5.32 Å². The molecule has 0 fully saturated rings. The molecule has 3 aromatic rings. The summed E-state index contributed by atoms with van der Waals surface area (Å²) in [5.41, 5.74) is 5.79. The molecule has 5 nitrogen and oxygen atoms in total. The van der Waals surface area contributed by atoms with Crippen molar-refractivity contribution in [1.29, 1.82) is 0 Å². The van der Waals surface area contributed by atoms with E-state index >= 15 is 0 Å². The summed E-state index contributed by atoms with van der Waals surface area (Å²) in [5, 5.41) is 2.88. The minimum Gasteiger partial charge on any atom is -0.322 e. The summed E-state index contributed by atoms with van der Waals surface area (Å²) in [4.78, 5) is 12.8. The van der Waals surface area contributed by atoms with Gasteiger partial charge in [-0.25, -0.2) is 13.1 Å². The van der Waals surface area contributed by atoms with Gasteiger partial charge in [0.25, 0.3) is 5.91 Å². The highest BCUT2D eigenvalue weighted by Crippen LogP contribution is 2.37. The number of rotatable bonds is 5. The molecule has 0 radical (unpaired) electrons. The molecule has 0 aromatic heterocycles. The second-order valence-electron chi connectivity index (χ2n) is 7.46. The molecule has 0 saturated carbocycles. The first-order chi connectivity index (χ1) is 13.8. The molecule has 0 saturated heterocycles. The molecule has 6 heteroatoms. The number of fused-ring (bicyclic) bond motifs is 3. The average molecular weight is 407 g/mol. The molecule has 0 atom stereocenters. The molecule has 0 bridgehead atoms. The summed E-state index contributed by atoms with van der Waals surface area (Å²) >= 11 is 0. The van der Waals surface area contributed by atoms with Crippen LogP contribution in [0.4, 0.5) is 5.69 Å². The molecular formula is C23H22N2O3S. The summed E-state index contributed by atoms with van der Waals surface area (Å²) in [5.74, 6) is -0.349. The van der Waals surface area contributed by atoms with Crippen LogP contribution in [0.1, 0.15) is 35.3 Å². The highest BCUT2D eigenvalue weighted by atomic mass is 32.2. The van der Waals surface area contributed by atoms with Crippen molar-refractivity contribution < 1.29 is 13.2 Å². The third-order valence-electron chi connectivity index (χ3n) is 4.85. The molecule has 148 valence electrons. The first-order valence-corrected chi connectivity index (χ1v) is 11.0. The van der Waals surface area contributed by atoms with Crippen molar-refractivity contribution in [2.75, 3.05) is 5.32 Å². The predicted octanol–water partition coefficient (Wildman–Crippen LogP) is 4.20. The topological polar surface area (TPSA) is 75.3 Å². The van der Waals surface area contributed by atoms with Gasteiger partial charge in [0, 0.05) is 17.3 Å². The van der Waals surface area contributed by atoms with Crippen molar-refractivity contribution in [2.45, 2.75) is 31.2 Å². The molecule has 2 N–H and O–H groups in total. The smallest absolute Gasteiger partial charge is 0.255 e. The van der Waals surface area contributed by atoms with E-state index in [1.54, 1.807) is 26.0 Å². The number of hydrogen-bond acceptors (Lipinski definition) is 3.